The molecule has 2 aromatic rings. The molecule has 1 aliphatic rings. The number of hydrogen-bond acceptors (Lipinski definition) is 4. The Morgan fingerprint density at radius 3 is 2.37 bits per heavy atom. The zero-order chi connectivity index (χ0) is 13.5. The van der Waals surface area contributed by atoms with Crippen LogP contribution in [0.15, 0.2) is 58.3 Å². The summed E-state index contributed by atoms with van der Waals surface area (Å²) < 4.78 is 28.6. The van der Waals surface area contributed by atoms with Crippen LogP contribution in [0.3, 0.4) is 0 Å². The average molecular weight is 292 g/mol. The van der Waals surface area contributed by atoms with Gasteiger partial charge in [0.05, 0.1) is 9.79 Å². The fourth-order valence-corrected chi connectivity index (χ4v) is 3.60. The summed E-state index contributed by atoms with van der Waals surface area (Å²) in [5.41, 5.74) is 0.861. The normalized spacial score (nSPS) is 17.8. The van der Waals surface area contributed by atoms with Crippen LogP contribution in [-0.4, -0.2) is 14.7 Å². The molecule has 0 N–H and O–H groups in total. The Morgan fingerprint density at radius 2 is 1.74 bits per heavy atom. The SMILES string of the molecule is CS(=O)(=O)c1ccc(C2Oc3ccccc3S2)cc1. The first-order valence-corrected chi connectivity index (χ1v) is 8.53. The Kier molecular flexibility index (Phi) is 3.03. The number of ether oxygens (including phenoxy) is 1. The molecule has 98 valence electrons. The number of thioether (sulfide) groups is 1. The van der Waals surface area contributed by atoms with Crippen LogP contribution < -0.4 is 4.74 Å². The van der Waals surface area contributed by atoms with Gasteiger partial charge in [0.25, 0.3) is 0 Å². The topological polar surface area (TPSA) is 43.4 Å². The van der Waals surface area contributed by atoms with Crippen molar-refractivity contribution in [1.82, 2.24) is 0 Å². The summed E-state index contributed by atoms with van der Waals surface area (Å²) in [6.45, 7) is 0. The first-order valence-electron chi connectivity index (χ1n) is 5.76. The number of benzene rings is 2. The molecule has 0 saturated carbocycles. The highest BCUT2D eigenvalue weighted by Gasteiger charge is 2.24. The first-order chi connectivity index (χ1) is 9.04. The number of para-hydroxylation sites is 1. The highest BCUT2D eigenvalue weighted by atomic mass is 32.2. The molecule has 0 aliphatic carbocycles. The van der Waals surface area contributed by atoms with Crippen LogP contribution >= 0.6 is 11.8 Å². The molecule has 19 heavy (non-hydrogen) atoms. The fourth-order valence-electron chi connectivity index (χ4n) is 1.91. The summed E-state index contributed by atoms with van der Waals surface area (Å²) in [5.74, 6) is 0.879. The monoisotopic (exact) mass is 292 g/mol. The predicted octanol–water partition coefficient (Wildman–Crippen LogP) is 3.27. The average Bonchev–Trinajstić information content (AvgIpc) is 2.81. The van der Waals surface area contributed by atoms with E-state index in [-0.39, 0.29) is 5.44 Å². The molecule has 1 unspecified atom stereocenters. The molecule has 0 aromatic heterocycles. The molecule has 1 atom stereocenters. The van der Waals surface area contributed by atoms with E-state index in [1.165, 1.54) is 6.26 Å². The van der Waals surface area contributed by atoms with Crippen molar-refractivity contribution in [3.63, 3.8) is 0 Å². The van der Waals surface area contributed by atoms with E-state index in [0.29, 0.717) is 4.90 Å². The maximum absolute atomic E-state index is 11.4. The van der Waals surface area contributed by atoms with Gasteiger partial charge in [-0.15, -0.1) is 0 Å². The third-order valence-electron chi connectivity index (χ3n) is 2.90. The van der Waals surface area contributed by atoms with Crippen molar-refractivity contribution in [2.45, 2.75) is 15.2 Å². The third-order valence-corrected chi connectivity index (χ3v) is 5.20. The van der Waals surface area contributed by atoms with Gasteiger partial charge < -0.3 is 4.74 Å². The Morgan fingerprint density at radius 1 is 1.05 bits per heavy atom. The molecular formula is C14H12O3S2. The van der Waals surface area contributed by atoms with Gasteiger partial charge in [-0.2, -0.15) is 0 Å². The number of sulfone groups is 1. The van der Waals surface area contributed by atoms with Gasteiger partial charge in [0.1, 0.15) is 5.75 Å². The number of rotatable bonds is 2. The van der Waals surface area contributed by atoms with Crippen molar-refractivity contribution in [3.8, 4) is 5.75 Å². The van der Waals surface area contributed by atoms with Crippen molar-refractivity contribution in [3.05, 3.63) is 54.1 Å². The fraction of sp³-hybridized carbons (Fsp3) is 0.143. The maximum Gasteiger partial charge on any atom is 0.175 e. The van der Waals surface area contributed by atoms with Crippen molar-refractivity contribution in [1.29, 1.82) is 0 Å². The minimum absolute atomic E-state index is 0.106. The molecule has 2 aromatic carbocycles. The van der Waals surface area contributed by atoms with E-state index in [1.807, 2.05) is 24.3 Å². The van der Waals surface area contributed by atoms with Crippen LogP contribution in [-0.2, 0) is 9.84 Å². The van der Waals surface area contributed by atoms with E-state index in [9.17, 15) is 8.42 Å². The van der Waals surface area contributed by atoms with Crippen molar-refractivity contribution >= 4 is 21.6 Å². The van der Waals surface area contributed by atoms with Crippen molar-refractivity contribution in [2.75, 3.05) is 6.26 Å². The van der Waals surface area contributed by atoms with Gasteiger partial charge >= 0.3 is 0 Å². The maximum atomic E-state index is 11.4. The molecule has 0 radical (unpaired) electrons. The zero-order valence-electron chi connectivity index (χ0n) is 10.2. The van der Waals surface area contributed by atoms with Crippen LogP contribution in [0.2, 0.25) is 0 Å². The standard InChI is InChI=1S/C14H12O3S2/c1-19(15,16)11-8-6-10(7-9-11)14-17-12-4-2-3-5-13(12)18-14/h2-9,14H,1H3. The quantitative estimate of drug-likeness (QED) is 0.852. The van der Waals surface area contributed by atoms with E-state index < -0.39 is 9.84 Å². The van der Waals surface area contributed by atoms with Gasteiger partial charge in [-0.3, -0.25) is 0 Å². The summed E-state index contributed by atoms with van der Waals surface area (Å²) in [7, 11) is -3.14. The predicted molar refractivity (Wildman–Crippen MR) is 75.2 cm³/mol. The molecule has 3 nitrogen and oxygen atoms in total. The lowest BCUT2D eigenvalue weighted by Crippen LogP contribution is -2.00. The van der Waals surface area contributed by atoms with E-state index in [2.05, 4.69) is 0 Å². The second-order valence-electron chi connectivity index (χ2n) is 4.36. The van der Waals surface area contributed by atoms with E-state index in [4.69, 9.17) is 4.74 Å². The Labute approximate surface area is 116 Å². The summed E-state index contributed by atoms with van der Waals surface area (Å²) >= 11 is 1.63. The number of hydrogen-bond donors (Lipinski definition) is 0. The molecule has 0 amide bonds. The first kappa shape index (κ1) is 12.6. The van der Waals surface area contributed by atoms with Crippen molar-refractivity contribution < 1.29 is 13.2 Å². The highest BCUT2D eigenvalue weighted by Crippen LogP contribution is 2.48. The Balaban J connectivity index is 1.86. The molecule has 0 fully saturated rings. The third kappa shape index (κ3) is 2.48. The Bertz CT molecular complexity index is 681. The molecule has 5 heteroatoms. The summed E-state index contributed by atoms with van der Waals surface area (Å²) in [6, 6.07) is 14.7. The van der Waals surface area contributed by atoms with Crippen LogP contribution in [0.1, 0.15) is 11.0 Å². The van der Waals surface area contributed by atoms with E-state index >= 15 is 0 Å². The van der Waals surface area contributed by atoms with Gasteiger partial charge in [-0.1, -0.05) is 36.0 Å². The smallest absolute Gasteiger partial charge is 0.175 e. The second-order valence-corrected chi connectivity index (χ2v) is 7.47. The molecule has 0 bridgehead atoms. The highest BCUT2D eigenvalue weighted by molar-refractivity contribution is 7.99. The van der Waals surface area contributed by atoms with Crippen LogP contribution in [0, 0.1) is 0 Å². The van der Waals surface area contributed by atoms with Crippen LogP contribution in [0.25, 0.3) is 0 Å². The number of fused-ring (bicyclic) bond motifs is 1. The molecule has 0 spiro atoms. The molecule has 1 aliphatic heterocycles. The lowest BCUT2D eigenvalue weighted by Gasteiger charge is -2.10. The summed E-state index contributed by atoms with van der Waals surface area (Å²) in [5, 5.41) is 0. The van der Waals surface area contributed by atoms with Crippen molar-refractivity contribution in [2.24, 2.45) is 0 Å². The lowest BCUT2D eigenvalue weighted by atomic mass is 10.2. The molecule has 1 heterocycles. The second kappa shape index (κ2) is 4.58. The van der Waals surface area contributed by atoms with E-state index in [1.54, 1.807) is 36.0 Å². The zero-order valence-corrected chi connectivity index (χ0v) is 11.9. The van der Waals surface area contributed by atoms with Gasteiger partial charge in [0, 0.05) is 11.8 Å². The minimum Gasteiger partial charge on any atom is -0.473 e. The van der Waals surface area contributed by atoms with Gasteiger partial charge in [-0.05, 0) is 24.3 Å². The van der Waals surface area contributed by atoms with Crippen LogP contribution in [0.5, 0.6) is 5.75 Å². The van der Waals surface area contributed by atoms with Gasteiger partial charge in [-0.25, -0.2) is 8.42 Å². The van der Waals surface area contributed by atoms with Crippen LogP contribution in [0.4, 0.5) is 0 Å². The van der Waals surface area contributed by atoms with Gasteiger partial charge in [0.2, 0.25) is 0 Å². The molecular weight excluding hydrogens is 280 g/mol. The Hall–Kier alpha value is -1.46. The minimum atomic E-state index is -3.14. The van der Waals surface area contributed by atoms with E-state index in [0.717, 1.165) is 16.2 Å². The largest absolute Gasteiger partial charge is 0.473 e. The summed E-state index contributed by atoms with van der Waals surface area (Å²) in [6.07, 6.45) is 1.21. The molecule has 0 saturated heterocycles. The molecule has 3 rings (SSSR count). The summed E-state index contributed by atoms with van der Waals surface area (Å²) in [4.78, 5) is 1.44. The van der Waals surface area contributed by atoms with Gasteiger partial charge in [0.15, 0.2) is 15.3 Å². The lowest BCUT2D eigenvalue weighted by molar-refractivity contribution is 0.302.